The highest BCUT2D eigenvalue weighted by Gasteiger charge is 2.35. The van der Waals surface area contributed by atoms with Crippen LogP contribution in [-0.2, 0) is 6.18 Å². The fraction of sp³-hybridized carbons (Fsp3) is 0.800. The van der Waals surface area contributed by atoms with Crippen LogP contribution in [0.25, 0.3) is 0 Å². The van der Waals surface area contributed by atoms with Gasteiger partial charge in [-0.05, 0) is 18.3 Å². The van der Waals surface area contributed by atoms with Crippen LogP contribution in [0.15, 0.2) is 0 Å². The maximum absolute atomic E-state index is 12.3. The van der Waals surface area contributed by atoms with E-state index in [4.69, 9.17) is 11.6 Å². The van der Waals surface area contributed by atoms with E-state index in [1.54, 1.807) is 0 Å². The summed E-state index contributed by atoms with van der Waals surface area (Å²) in [4.78, 5) is 0. The van der Waals surface area contributed by atoms with Gasteiger partial charge in [0.25, 0.3) is 0 Å². The Morgan fingerprint density at radius 2 is 1.94 bits per heavy atom. The molecule has 0 aliphatic carbocycles. The molecule has 0 saturated carbocycles. The Bertz CT molecular complexity index is 379. The molecule has 0 fully saturated rings. The summed E-state index contributed by atoms with van der Waals surface area (Å²) >= 11 is 6.13. The summed E-state index contributed by atoms with van der Waals surface area (Å²) in [6.07, 6.45) is -2.65. The number of nitrogens with zero attached hydrogens (tertiary/aromatic N) is 2. The van der Waals surface area contributed by atoms with E-state index in [9.17, 15) is 13.2 Å². The quantitative estimate of drug-likeness (QED) is 0.807. The smallest absolute Gasteiger partial charge is 0.360 e. The molecule has 3 nitrogen and oxygen atoms in total. The number of aromatic nitrogens is 2. The summed E-state index contributed by atoms with van der Waals surface area (Å²) in [5.74, 6) is 0.584. The molecule has 8 heteroatoms. The van der Waals surface area contributed by atoms with Crippen LogP contribution in [0.1, 0.15) is 31.7 Å². The molecule has 1 heterocycles. The van der Waals surface area contributed by atoms with Crippen molar-refractivity contribution in [3.63, 3.8) is 0 Å². The third kappa shape index (κ3) is 4.97. The summed E-state index contributed by atoms with van der Waals surface area (Å²) in [5, 5.41) is 8.74. The van der Waals surface area contributed by atoms with Crippen molar-refractivity contribution in [3.8, 4) is 0 Å². The highest BCUT2D eigenvalue weighted by molar-refractivity contribution is 7.15. The lowest BCUT2D eigenvalue weighted by atomic mass is 9.88. The first-order chi connectivity index (χ1) is 8.24. The third-order valence-corrected chi connectivity index (χ3v) is 3.57. The van der Waals surface area contributed by atoms with Gasteiger partial charge < -0.3 is 5.32 Å². The van der Waals surface area contributed by atoms with E-state index in [1.807, 2.05) is 13.8 Å². The second kappa shape index (κ2) is 6.06. The molecule has 104 valence electrons. The minimum atomic E-state index is -4.42. The molecule has 0 unspecified atom stereocenters. The molecule has 1 aromatic rings. The van der Waals surface area contributed by atoms with E-state index in [0.29, 0.717) is 23.8 Å². The van der Waals surface area contributed by atoms with Gasteiger partial charge in [0.15, 0.2) is 0 Å². The molecule has 0 spiro atoms. The zero-order chi connectivity index (χ0) is 13.8. The number of alkyl halides is 4. The molecule has 0 aliphatic rings. The summed E-state index contributed by atoms with van der Waals surface area (Å²) in [6.45, 7) is 4.59. The first-order valence-corrected chi connectivity index (χ1v) is 6.80. The SMILES string of the molecule is CC(C)(CCCCl)CNc1nnc(C(F)(F)F)s1. The van der Waals surface area contributed by atoms with Crippen LogP contribution in [0.2, 0.25) is 0 Å². The van der Waals surface area contributed by atoms with Crippen LogP contribution in [0.3, 0.4) is 0 Å². The van der Waals surface area contributed by atoms with E-state index >= 15 is 0 Å². The van der Waals surface area contributed by atoms with Crippen molar-refractivity contribution in [3.05, 3.63) is 5.01 Å². The largest absolute Gasteiger partial charge is 0.445 e. The second-order valence-corrected chi connectivity index (χ2v) is 6.08. The maximum Gasteiger partial charge on any atom is 0.445 e. The van der Waals surface area contributed by atoms with Crippen LogP contribution in [0.5, 0.6) is 0 Å². The number of halogens is 4. The van der Waals surface area contributed by atoms with Gasteiger partial charge in [0.2, 0.25) is 10.1 Å². The minimum Gasteiger partial charge on any atom is -0.360 e. The van der Waals surface area contributed by atoms with Crippen molar-refractivity contribution in [2.45, 2.75) is 32.9 Å². The molecule has 0 atom stereocenters. The van der Waals surface area contributed by atoms with Gasteiger partial charge in [0.05, 0.1) is 0 Å². The molecule has 0 radical (unpaired) electrons. The number of nitrogens with one attached hydrogen (secondary N) is 1. The lowest BCUT2D eigenvalue weighted by Crippen LogP contribution is -2.23. The van der Waals surface area contributed by atoms with E-state index in [-0.39, 0.29) is 10.5 Å². The predicted molar refractivity (Wildman–Crippen MR) is 67.1 cm³/mol. The van der Waals surface area contributed by atoms with E-state index in [0.717, 1.165) is 12.8 Å². The molecule has 0 aliphatic heterocycles. The molecular formula is C10H15ClF3N3S. The fourth-order valence-corrected chi connectivity index (χ4v) is 2.10. The number of anilines is 1. The average molecular weight is 302 g/mol. The normalized spacial score (nSPS) is 12.8. The number of rotatable bonds is 6. The molecule has 18 heavy (non-hydrogen) atoms. The summed E-state index contributed by atoms with van der Waals surface area (Å²) in [6, 6.07) is 0. The van der Waals surface area contributed by atoms with Gasteiger partial charge >= 0.3 is 6.18 Å². The highest BCUT2D eigenvalue weighted by atomic mass is 35.5. The number of hydrogen-bond acceptors (Lipinski definition) is 4. The van der Waals surface area contributed by atoms with Crippen molar-refractivity contribution in [2.24, 2.45) is 5.41 Å². The lowest BCUT2D eigenvalue weighted by molar-refractivity contribution is -0.138. The van der Waals surface area contributed by atoms with Crippen LogP contribution in [-0.4, -0.2) is 22.6 Å². The third-order valence-electron chi connectivity index (χ3n) is 2.37. The van der Waals surface area contributed by atoms with Crippen LogP contribution >= 0.6 is 22.9 Å². The summed E-state index contributed by atoms with van der Waals surface area (Å²) in [7, 11) is 0. The standard InChI is InChI=1S/C10H15ClF3N3S/c1-9(2,4-3-5-11)6-15-8-17-16-7(18-8)10(12,13)14/h3-6H2,1-2H3,(H,15,17). The Balaban J connectivity index is 2.51. The van der Waals surface area contributed by atoms with Crippen molar-refractivity contribution in [1.82, 2.24) is 10.2 Å². The fourth-order valence-electron chi connectivity index (χ4n) is 1.36. The lowest BCUT2D eigenvalue weighted by Gasteiger charge is -2.24. The van der Waals surface area contributed by atoms with Gasteiger partial charge in [-0.3, -0.25) is 0 Å². The van der Waals surface area contributed by atoms with E-state index < -0.39 is 11.2 Å². The molecule has 0 bridgehead atoms. The molecule has 0 aromatic carbocycles. The highest BCUT2D eigenvalue weighted by Crippen LogP contribution is 2.33. The Labute approximate surface area is 113 Å². The van der Waals surface area contributed by atoms with E-state index in [1.165, 1.54) is 0 Å². The molecular weight excluding hydrogens is 287 g/mol. The molecule has 0 amide bonds. The zero-order valence-corrected chi connectivity index (χ0v) is 11.7. The zero-order valence-electron chi connectivity index (χ0n) is 10.1. The monoisotopic (exact) mass is 301 g/mol. The van der Waals surface area contributed by atoms with Crippen LogP contribution in [0.4, 0.5) is 18.3 Å². The van der Waals surface area contributed by atoms with Gasteiger partial charge in [-0.1, -0.05) is 25.2 Å². The van der Waals surface area contributed by atoms with Crippen molar-refractivity contribution < 1.29 is 13.2 Å². The Morgan fingerprint density at radius 1 is 1.28 bits per heavy atom. The molecule has 0 saturated heterocycles. The van der Waals surface area contributed by atoms with Gasteiger partial charge in [-0.2, -0.15) is 13.2 Å². The first kappa shape index (κ1) is 15.5. The van der Waals surface area contributed by atoms with Gasteiger partial charge in [0, 0.05) is 12.4 Å². The Kier molecular flexibility index (Phi) is 5.21. The second-order valence-electron chi connectivity index (χ2n) is 4.72. The molecule has 1 aromatic heterocycles. The Hall–Kier alpha value is -0.560. The first-order valence-electron chi connectivity index (χ1n) is 5.45. The topological polar surface area (TPSA) is 37.8 Å². The van der Waals surface area contributed by atoms with Gasteiger partial charge in [-0.25, -0.2) is 0 Å². The van der Waals surface area contributed by atoms with Gasteiger partial charge in [-0.15, -0.1) is 21.8 Å². The Morgan fingerprint density at radius 3 is 2.44 bits per heavy atom. The average Bonchev–Trinajstić information content (AvgIpc) is 2.72. The van der Waals surface area contributed by atoms with Crippen LogP contribution in [0, 0.1) is 5.41 Å². The van der Waals surface area contributed by atoms with E-state index in [2.05, 4.69) is 15.5 Å². The van der Waals surface area contributed by atoms with Crippen molar-refractivity contribution in [2.75, 3.05) is 17.7 Å². The van der Waals surface area contributed by atoms with Crippen molar-refractivity contribution in [1.29, 1.82) is 0 Å². The molecule has 1 rings (SSSR count). The minimum absolute atomic E-state index is 0.0427. The predicted octanol–water partition coefficient (Wildman–Crippen LogP) is 4.01. The van der Waals surface area contributed by atoms with Gasteiger partial charge in [0.1, 0.15) is 0 Å². The summed E-state index contributed by atoms with van der Waals surface area (Å²) < 4.78 is 36.9. The maximum atomic E-state index is 12.3. The van der Waals surface area contributed by atoms with Crippen LogP contribution < -0.4 is 5.32 Å². The number of hydrogen-bond donors (Lipinski definition) is 1. The van der Waals surface area contributed by atoms with Crippen molar-refractivity contribution >= 4 is 28.1 Å². The molecule has 1 N–H and O–H groups in total. The summed E-state index contributed by atoms with van der Waals surface area (Å²) in [5.41, 5.74) is -0.0427.